The van der Waals surface area contributed by atoms with Crippen molar-refractivity contribution in [2.24, 2.45) is 11.8 Å². The molecule has 2 N–H and O–H groups in total. The zero-order chi connectivity index (χ0) is 23.8. The largest absolute Gasteiger partial charge is 0.480 e. The number of carboxylic acid groups (broad SMARTS) is 1. The average molecular weight is 463 g/mol. The van der Waals surface area contributed by atoms with Gasteiger partial charge in [0.1, 0.15) is 12.6 Å². The van der Waals surface area contributed by atoms with E-state index in [1.165, 1.54) is 16.0 Å². The smallest absolute Gasteiger partial charge is 0.407 e. The van der Waals surface area contributed by atoms with E-state index in [9.17, 15) is 19.5 Å². The molecule has 0 bridgehead atoms. The molecule has 4 unspecified atom stereocenters. The topological polar surface area (TPSA) is 95.9 Å². The molecule has 7 heteroatoms. The van der Waals surface area contributed by atoms with Crippen LogP contribution < -0.4 is 5.32 Å². The second-order valence-electron chi connectivity index (χ2n) is 9.76. The van der Waals surface area contributed by atoms with Crippen LogP contribution in [0, 0.1) is 11.8 Å². The molecule has 2 aromatic carbocycles. The van der Waals surface area contributed by atoms with Gasteiger partial charge in [-0.25, -0.2) is 9.59 Å². The van der Waals surface area contributed by atoms with E-state index in [1.54, 1.807) is 0 Å². The summed E-state index contributed by atoms with van der Waals surface area (Å²) in [5.41, 5.74) is 4.69. The van der Waals surface area contributed by atoms with Gasteiger partial charge < -0.3 is 20.1 Å². The van der Waals surface area contributed by atoms with Gasteiger partial charge in [-0.15, -0.1) is 0 Å². The van der Waals surface area contributed by atoms with Crippen LogP contribution in [0.1, 0.15) is 49.7 Å². The van der Waals surface area contributed by atoms with E-state index in [0.717, 1.165) is 11.1 Å². The fourth-order valence-electron chi connectivity index (χ4n) is 5.95. The molecule has 5 rings (SSSR count). The van der Waals surface area contributed by atoms with Crippen LogP contribution in [0.2, 0.25) is 0 Å². The van der Waals surface area contributed by atoms with E-state index >= 15 is 0 Å². The zero-order valence-corrected chi connectivity index (χ0v) is 19.3. The van der Waals surface area contributed by atoms with Crippen LogP contribution in [0.5, 0.6) is 0 Å². The van der Waals surface area contributed by atoms with Gasteiger partial charge in [-0.05, 0) is 53.9 Å². The van der Waals surface area contributed by atoms with E-state index in [-0.39, 0.29) is 36.3 Å². The second-order valence-corrected chi connectivity index (χ2v) is 9.76. The molecule has 178 valence electrons. The first-order valence-electron chi connectivity index (χ1n) is 12.1. The number of hydrogen-bond donors (Lipinski definition) is 2. The fourth-order valence-corrected chi connectivity index (χ4v) is 5.95. The van der Waals surface area contributed by atoms with E-state index < -0.39 is 18.1 Å². The molecule has 0 radical (unpaired) electrons. The van der Waals surface area contributed by atoms with Gasteiger partial charge in [-0.1, -0.05) is 55.5 Å². The molecule has 2 aromatic rings. The molecule has 1 saturated heterocycles. The van der Waals surface area contributed by atoms with Crippen molar-refractivity contribution < 1.29 is 24.2 Å². The summed E-state index contributed by atoms with van der Waals surface area (Å²) < 4.78 is 5.64. The van der Waals surface area contributed by atoms with Crippen LogP contribution in [0.3, 0.4) is 0 Å². The number of fused-ring (bicyclic) bond motifs is 3. The number of carboxylic acids is 1. The highest BCUT2D eigenvalue weighted by molar-refractivity contribution is 5.86. The molecule has 1 saturated carbocycles. The Balaban J connectivity index is 1.16. The summed E-state index contributed by atoms with van der Waals surface area (Å²) in [6.07, 6.45) is 2.07. The molecule has 3 aliphatic rings. The summed E-state index contributed by atoms with van der Waals surface area (Å²) in [5.74, 6) is -1.34. The highest BCUT2D eigenvalue weighted by Gasteiger charge is 2.43. The number of likely N-dealkylation sites (tertiary alicyclic amines) is 1. The van der Waals surface area contributed by atoms with E-state index in [4.69, 9.17) is 4.74 Å². The Morgan fingerprint density at radius 1 is 1.00 bits per heavy atom. The fraction of sp³-hybridized carbons (Fsp3) is 0.444. The number of carbonyl (C=O) groups is 3. The minimum atomic E-state index is -0.940. The lowest BCUT2D eigenvalue weighted by atomic mass is 9.98. The SMILES string of the molecule is CC1CCN(C(=O)C2CCC(NC(=O)OCC3c4ccccc4-c4ccccc43)C2)C1C(=O)O. The first-order chi connectivity index (χ1) is 16.4. The van der Waals surface area contributed by atoms with Crippen molar-refractivity contribution in [3.05, 3.63) is 59.7 Å². The summed E-state index contributed by atoms with van der Waals surface area (Å²) >= 11 is 0. The number of nitrogens with one attached hydrogen (secondary N) is 1. The van der Waals surface area contributed by atoms with Gasteiger partial charge in [0.2, 0.25) is 5.91 Å². The third-order valence-electron chi connectivity index (χ3n) is 7.68. The molecule has 2 amide bonds. The van der Waals surface area contributed by atoms with Crippen molar-refractivity contribution in [3.8, 4) is 11.1 Å². The van der Waals surface area contributed by atoms with E-state index in [1.807, 2.05) is 31.2 Å². The Hall–Kier alpha value is -3.35. The summed E-state index contributed by atoms with van der Waals surface area (Å²) in [6.45, 7) is 2.61. The maximum atomic E-state index is 13.0. The zero-order valence-electron chi connectivity index (χ0n) is 19.3. The molecule has 2 aliphatic carbocycles. The Morgan fingerprint density at radius 2 is 1.65 bits per heavy atom. The molecule has 0 spiro atoms. The number of ether oxygens (including phenoxy) is 1. The second kappa shape index (κ2) is 9.12. The highest BCUT2D eigenvalue weighted by Crippen LogP contribution is 2.44. The predicted molar refractivity (Wildman–Crippen MR) is 126 cm³/mol. The summed E-state index contributed by atoms with van der Waals surface area (Å²) in [5, 5.41) is 12.4. The van der Waals surface area contributed by atoms with Crippen LogP contribution in [0.15, 0.2) is 48.5 Å². The predicted octanol–water partition coefficient (Wildman–Crippen LogP) is 4.02. The number of hydrogen-bond acceptors (Lipinski definition) is 4. The van der Waals surface area contributed by atoms with Crippen molar-refractivity contribution in [1.82, 2.24) is 10.2 Å². The third-order valence-corrected chi connectivity index (χ3v) is 7.68. The first-order valence-corrected chi connectivity index (χ1v) is 12.1. The lowest BCUT2D eigenvalue weighted by Gasteiger charge is -2.26. The number of amides is 2. The van der Waals surface area contributed by atoms with Gasteiger partial charge >= 0.3 is 12.1 Å². The number of aliphatic carboxylic acids is 1. The molecule has 1 heterocycles. The molecule has 34 heavy (non-hydrogen) atoms. The van der Waals surface area contributed by atoms with Crippen LogP contribution in [0.25, 0.3) is 11.1 Å². The van der Waals surface area contributed by atoms with Gasteiger partial charge in [0.25, 0.3) is 0 Å². The number of nitrogens with zero attached hydrogens (tertiary/aromatic N) is 1. The van der Waals surface area contributed by atoms with Gasteiger partial charge in [0.15, 0.2) is 0 Å². The average Bonchev–Trinajstić information content (AvgIpc) is 3.53. The van der Waals surface area contributed by atoms with E-state index in [0.29, 0.717) is 32.2 Å². The lowest BCUT2D eigenvalue weighted by molar-refractivity contribution is -0.151. The molecule has 7 nitrogen and oxygen atoms in total. The summed E-state index contributed by atoms with van der Waals surface area (Å²) in [6, 6.07) is 15.5. The molecular weight excluding hydrogens is 432 g/mol. The van der Waals surface area contributed by atoms with Crippen molar-refractivity contribution >= 4 is 18.0 Å². The maximum Gasteiger partial charge on any atom is 0.407 e. The monoisotopic (exact) mass is 462 g/mol. The summed E-state index contributed by atoms with van der Waals surface area (Å²) in [4.78, 5) is 38.7. The number of carbonyl (C=O) groups excluding carboxylic acids is 2. The van der Waals surface area contributed by atoms with Gasteiger partial charge in [-0.3, -0.25) is 4.79 Å². The van der Waals surface area contributed by atoms with Crippen LogP contribution in [-0.4, -0.2) is 53.2 Å². The lowest BCUT2D eigenvalue weighted by Crippen LogP contribution is -2.45. The third kappa shape index (κ3) is 4.04. The first kappa shape index (κ1) is 22.4. The van der Waals surface area contributed by atoms with Crippen LogP contribution in [-0.2, 0) is 14.3 Å². The minimum Gasteiger partial charge on any atom is -0.480 e. The molecule has 0 aromatic heterocycles. The van der Waals surface area contributed by atoms with E-state index in [2.05, 4.69) is 29.6 Å². The van der Waals surface area contributed by atoms with Gasteiger partial charge in [-0.2, -0.15) is 0 Å². The number of alkyl carbamates (subject to hydrolysis) is 1. The Bertz CT molecular complexity index is 1070. The van der Waals surface area contributed by atoms with Crippen molar-refractivity contribution in [2.45, 2.75) is 50.6 Å². The molecule has 1 aliphatic heterocycles. The number of benzene rings is 2. The minimum absolute atomic E-state index is 0.00108. The van der Waals surface area contributed by atoms with Gasteiger partial charge in [0.05, 0.1) is 0 Å². The molecule has 4 atom stereocenters. The standard InChI is InChI=1S/C27H30N2O5/c1-16-12-13-29(24(16)26(31)32)25(30)17-10-11-18(14-17)28-27(33)34-15-23-21-8-4-2-6-19(21)20-7-3-5-9-22(20)23/h2-9,16-18,23-24H,10-15H2,1H3,(H,28,33)(H,31,32). The highest BCUT2D eigenvalue weighted by atomic mass is 16.5. The Morgan fingerprint density at radius 3 is 2.29 bits per heavy atom. The van der Waals surface area contributed by atoms with Crippen molar-refractivity contribution in [3.63, 3.8) is 0 Å². The van der Waals surface area contributed by atoms with Gasteiger partial charge in [0, 0.05) is 24.4 Å². The van der Waals surface area contributed by atoms with Crippen LogP contribution >= 0.6 is 0 Å². The maximum absolute atomic E-state index is 13.0. The van der Waals surface area contributed by atoms with Crippen LogP contribution in [0.4, 0.5) is 4.79 Å². The number of rotatable bonds is 5. The molecule has 2 fully saturated rings. The Kier molecular flexibility index (Phi) is 6.02. The summed E-state index contributed by atoms with van der Waals surface area (Å²) in [7, 11) is 0. The Labute approximate surface area is 199 Å². The molecular formula is C27H30N2O5. The quantitative estimate of drug-likeness (QED) is 0.700. The van der Waals surface area contributed by atoms with Crippen molar-refractivity contribution in [2.75, 3.05) is 13.2 Å². The normalized spacial score (nSPS) is 25.6. The van der Waals surface area contributed by atoms with Crippen molar-refractivity contribution in [1.29, 1.82) is 0 Å².